The van der Waals surface area contributed by atoms with E-state index in [9.17, 15) is 9.59 Å². The topological polar surface area (TPSA) is 67.4 Å². The van der Waals surface area contributed by atoms with Crippen molar-refractivity contribution in [3.8, 4) is 5.75 Å². The number of amides is 2. The molecule has 3 aliphatic carbocycles. The van der Waals surface area contributed by atoms with Crippen molar-refractivity contribution < 1.29 is 14.3 Å². The van der Waals surface area contributed by atoms with Crippen LogP contribution in [0.25, 0.3) is 0 Å². The fourth-order valence-electron chi connectivity index (χ4n) is 4.28. The van der Waals surface area contributed by atoms with E-state index >= 15 is 0 Å². The van der Waals surface area contributed by atoms with E-state index in [0.29, 0.717) is 24.3 Å². The molecule has 5 heteroatoms. The highest BCUT2D eigenvalue weighted by Crippen LogP contribution is 2.48. The van der Waals surface area contributed by atoms with Crippen molar-refractivity contribution in [3.63, 3.8) is 0 Å². The molecular formula is C20H26N2O3. The first-order chi connectivity index (χ1) is 12.2. The zero-order chi connectivity index (χ0) is 17.2. The summed E-state index contributed by atoms with van der Waals surface area (Å²) in [6.45, 7) is 0.551. The Morgan fingerprint density at radius 3 is 2.72 bits per heavy atom. The highest BCUT2D eigenvalue weighted by molar-refractivity contribution is 5.79. The van der Waals surface area contributed by atoms with Crippen molar-refractivity contribution in [1.82, 2.24) is 10.6 Å². The molecule has 0 spiro atoms. The third kappa shape index (κ3) is 4.14. The lowest BCUT2D eigenvalue weighted by Gasteiger charge is -2.20. The molecule has 0 saturated heterocycles. The molecule has 25 heavy (non-hydrogen) atoms. The van der Waals surface area contributed by atoms with Gasteiger partial charge in [-0.3, -0.25) is 9.59 Å². The predicted molar refractivity (Wildman–Crippen MR) is 93.9 cm³/mol. The van der Waals surface area contributed by atoms with E-state index in [1.165, 1.54) is 19.3 Å². The van der Waals surface area contributed by atoms with Gasteiger partial charge in [0.2, 0.25) is 5.91 Å². The SMILES string of the molecule is O=C(COc1cccc(CNC(=O)[C@H]2C[C@H]3CC[C@H]2C3)c1)NC1CC1. The number of ether oxygens (including phenoxy) is 1. The van der Waals surface area contributed by atoms with Gasteiger partial charge in [0.15, 0.2) is 6.61 Å². The molecular weight excluding hydrogens is 316 g/mol. The minimum atomic E-state index is -0.0718. The number of rotatable bonds is 7. The maximum atomic E-state index is 12.4. The van der Waals surface area contributed by atoms with Crippen LogP contribution in [0.5, 0.6) is 5.75 Å². The smallest absolute Gasteiger partial charge is 0.258 e. The third-order valence-corrected chi connectivity index (χ3v) is 5.75. The summed E-state index contributed by atoms with van der Waals surface area (Å²) >= 11 is 0. The zero-order valence-electron chi connectivity index (χ0n) is 14.5. The Bertz CT molecular complexity index is 656. The number of carbonyl (C=O) groups is 2. The largest absolute Gasteiger partial charge is 0.484 e. The Balaban J connectivity index is 1.24. The Hall–Kier alpha value is -2.04. The van der Waals surface area contributed by atoms with Gasteiger partial charge in [0.05, 0.1) is 0 Å². The second kappa shape index (κ2) is 7.06. The van der Waals surface area contributed by atoms with Crippen LogP contribution in [0, 0.1) is 17.8 Å². The Morgan fingerprint density at radius 1 is 1.12 bits per heavy atom. The normalized spacial score (nSPS) is 27.1. The molecule has 2 bridgehead atoms. The van der Waals surface area contributed by atoms with Crippen molar-refractivity contribution in [2.75, 3.05) is 6.61 Å². The van der Waals surface area contributed by atoms with Gasteiger partial charge in [0.25, 0.3) is 5.91 Å². The first-order valence-electron chi connectivity index (χ1n) is 9.46. The van der Waals surface area contributed by atoms with Crippen LogP contribution < -0.4 is 15.4 Å². The van der Waals surface area contributed by atoms with Crippen molar-refractivity contribution >= 4 is 11.8 Å². The summed E-state index contributed by atoms with van der Waals surface area (Å²) in [5.74, 6) is 2.38. The minimum absolute atomic E-state index is 0.0391. The maximum absolute atomic E-state index is 12.4. The Kier molecular flexibility index (Phi) is 4.64. The number of hydrogen-bond acceptors (Lipinski definition) is 3. The van der Waals surface area contributed by atoms with Crippen LogP contribution in [-0.4, -0.2) is 24.5 Å². The Morgan fingerprint density at radius 2 is 2.00 bits per heavy atom. The maximum Gasteiger partial charge on any atom is 0.258 e. The van der Waals surface area contributed by atoms with E-state index in [1.54, 1.807) is 0 Å². The average Bonchev–Trinajstić information content (AvgIpc) is 3.17. The number of benzene rings is 1. The summed E-state index contributed by atoms with van der Waals surface area (Å²) in [6, 6.07) is 7.95. The zero-order valence-corrected chi connectivity index (χ0v) is 14.5. The molecule has 2 N–H and O–H groups in total. The number of hydrogen-bond donors (Lipinski definition) is 2. The molecule has 5 nitrogen and oxygen atoms in total. The van der Waals surface area contributed by atoms with Crippen molar-refractivity contribution in [3.05, 3.63) is 29.8 Å². The number of fused-ring (bicyclic) bond motifs is 2. The van der Waals surface area contributed by atoms with Crippen molar-refractivity contribution in [1.29, 1.82) is 0 Å². The summed E-state index contributed by atoms with van der Waals surface area (Å²) in [5, 5.41) is 5.98. The van der Waals surface area contributed by atoms with Gasteiger partial charge in [0.1, 0.15) is 5.75 Å². The van der Waals surface area contributed by atoms with Gasteiger partial charge >= 0.3 is 0 Å². The fourth-order valence-corrected chi connectivity index (χ4v) is 4.28. The van der Waals surface area contributed by atoms with E-state index < -0.39 is 0 Å². The van der Waals surface area contributed by atoms with Crippen LogP contribution in [-0.2, 0) is 16.1 Å². The highest BCUT2D eigenvalue weighted by atomic mass is 16.5. The summed E-state index contributed by atoms with van der Waals surface area (Å²) in [5.41, 5.74) is 0.997. The quantitative estimate of drug-likeness (QED) is 0.799. The van der Waals surface area contributed by atoms with E-state index in [1.807, 2.05) is 24.3 Å². The van der Waals surface area contributed by atoms with E-state index in [4.69, 9.17) is 4.74 Å². The summed E-state index contributed by atoms with van der Waals surface area (Å²) < 4.78 is 5.56. The molecule has 0 radical (unpaired) electrons. The van der Waals surface area contributed by atoms with E-state index in [2.05, 4.69) is 10.6 Å². The standard InChI is InChI=1S/C20H26N2O3/c23-19(22-16-6-7-16)12-25-17-3-1-2-14(9-17)11-21-20(24)18-10-13-4-5-15(18)8-13/h1-3,9,13,15-16,18H,4-8,10-12H2,(H,21,24)(H,22,23)/t13-,15-,18-/m0/s1. The molecule has 3 aliphatic rings. The van der Waals surface area contributed by atoms with Crippen LogP contribution >= 0.6 is 0 Å². The van der Waals surface area contributed by atoms with Gasteiger partial charge in [-0.25, -0.2) is 0 Å². The lowest BCUT2D eigenvalue weighted by atomic mass is 9.88. The molecule has 3 atom stereocenters. The molecule has 0 aromatic heterocycles. The summed E-state index contributed by atoms with van der Waals surface area (Å²) in [6.07, 6.45) is 6.98. The molecule has 1 aromatic rings. The number of nitrogens with one attached hydrogen (secondary N) is 2. The second-order valence-corrected chi connectivity index (χ2v) is 7.78. The average molecular weight is 342 g/mol. The first-order valence-corrected chi connectivity index (χ1v) is 9.46. The van der Waals surface area contributed by atoms with Crippen LogP contribution in [0.3, 0.4) is 0 Å². The summed E-state index contributed by atoms with van der Waals surface area (Å²) in [7, 11) is 0. The van der Waals surface area contributed by atoms with Crippen molar-refractivity contribution in [2.24, 2.45) is 17.8 Å². The van der Waals surface area contributed by atoms with E-state index in [-0.39, 0.29) is 24.3 Å². The molecule has 0 heterocycles. The first kappa shape index (κ1) is 16.4. The van der Waals surface area contributed by atoms with Gasteiger partial charge in [-0.1, -0.05) is 18.6 Å². The fraction of sp³-hybridized carbons (Fsp3) is 0.600. The highest BCUT2D eigenvalue weighted by Gasteiger charge is 2.42. The molecule has 134 valence electrons. The van der Waals surface area contributed by atoms with Crippen LogP contribution in [0.1, 0.15) is 44.1 Å². The molecule has 1 aromatic carbocycles. The second-order valence-electron chi connectivity index (χ2n) is 7.78. The molecule has 2 amide bonds. The van der Waals surface area contributed by atoms with Crippen LogP contribution in [0.4, 0.5) is 0 Å². The van der Waals surface area contributed by atoms with Gasteiger partial charge < -0.3 is 15.4 Å². The monoisotopic (exact) mass is 342 g/mol. The minimum Gasteiger partial charge on any atom is -0.484 e. The number of carbonyl (C=O) groups excluding carboxylic acids is 2. The van der Waals surface area contributed by atoms with Gasteiger partial charge in [0, 0.05) is 18.5 Å². The van der Waals surface area contributed by atoms with Gasteiger partial charge in [-0.05, 0) is 61.6 Å². The molecule has 3 saturated carbocycles. The van der Waals surface area contributed by atoms with E-state index in [0.717, 1.165) is 30.7 Å². The molecule has 0 unspecified atom stereocenters. The van der Waals surface area contributed by atoms with Gasteiger partial charge in [-0.15, -0.1) is 0 Å². The lowest BCUT2D eigenvalue weighted by Crippen LogP contribution is -2.33. The Labute approximate surface area is 148 Å². The molecule has 4 rings (SSSR count). The summed E-state index contributed by atoms with van der Waals surface area (Å²) in [4.78, 5) is 24.1. The van der Waals surface area contributed by atoms with Crippen molar-refractivity contribution in [2.45, 2.75) is 51.1 Å². The molecule has 3 fully saturated rings. The van der Waals surface area contributed by atoms with Crippen LogP contribution in [0.15, 0.2) is 24.3 Å². The van der Waals surface area contributed by atoms with Crippen LogP contribution in [0.2, 0.25) is 0 Å². The molecule has 0 aliphatic heterocycles. The predicted octanol–water partition coefficient (Wildman–Crippen LogP) is 2.40. The third-order valence-electron chi connectivity index (χ3n) is 5.75. The lowest BCUT2D eigenvalue weighted by molar-refractivity contribution is -0.126. The van der Waals surface area contributed by atoms with Gasteiger partial charge in [-0.2, -0.15) is 0 Å².